The zero-order chi connectivity index (χ0) is 17.8. The molecule has 2 aromatic rings. The minimum atomic E-state index is -0.798. The highest BCUT2D eigenvalue weighted by molar-refractivity contribution is 6.39. The van der Waals surface area contributed by atoms with Crippen molar-refractivity contribution in [3.63, 3.8) is 0 Å². The normalized spacial score (nSPS) is 18.2. The van der Waals surface area contributed by atoms with Crippen LogP contribution in [0.15, 0.2) is 47.1 Å². The molecular formula is C18H19ClN2O4. The summed E-state index contributed by atoms with van der Waals surface area (Å²) in [7, 11) is 0. The Kier molecular flexibility index (Phi) is 5.40. The Bertz CT molecular complexity index is 730. The summed E-state index contributed by atoms with van der Waals surface area (Å²) in [6, 6.07) is 9.75. The van der Waals surface area contributed by atoms with Crippen LogP contribution in [0.3, 0.4) is 0 Å². The third-order valence-corrected chi connectivity index (χ3v) is 4.55. The van der Waals surface area contributed by atoms with Gasteiger partial charge < -0.3 is 19.7 Å². The van der Waals surface area contributed by atoms with Crippen molar-refractivity contribution in [2.75, 3.05) is 11.9 Å². The summed E-state index contributed by atoms with van der Waals surface area (Å²) in [4.78, 5) is 26.2. The summed E-state index contributed by atoms with van der Waals surface area (Å²) in [5, 5.41) is 13.4. The van der Waals surface area contributed by atoms with Gasteiger partial charge in [-0.3, -0.25) is 9.59 Å². The molecule has 0 aliphatic carbocycles. The number of amides is 2. The first-order chi connectivity index (χ1) is 12.0. The van der Waals surface area contributed by atoms with Crippen LogP contribution in [0.5, 0.6) is 0 Å². The van der Waals surface area contributed by atoms with E-state index in [1.807, 2.05) is 0 Å². The van der Waals surface area contributed by atoms with E-state index in [2.05, 4.69) is 5.32 Å². The number of benzene rings is 1. The number of carbonyl (C=O) groups excluding carboxylic acids is 2. The number of nitrogens with one attached hydrogen (secondary N) is 1. The quantitative estimate of drug-likeness (QED) is 0.819. The number of hydrogen-bond acceptors (Lipinski definition) is 4. The van der Waals surface area contributed by atoms with Crippen molar-refractivity contribution < 1.29 is 19.1 Å². The predicted octanol–water partition coefficient (Wildman–Crippen LogP) is 2.99. The van der Waals surface area contributed by atoms with Crippen LogP contribution in [-0.4, -0.2) is 34.4 Å². The number of likely N-dealkylation sites (tertiary alicyclic amines) is 1. The lowest BCUT2D eigenvalue weighted by molar-refractivity contribution is -0.144. The van der Waals surface area contributed by atoms with Crippen molar-refractivity contribution >= 4 is 29.1 Å². The third kappa shape index (κ3) is 4.21. The maximum Gasteiger partial charge on any atom is 0.313 e. The molecule has 6 nitrogen and oxygen atoms in total. The van der Waals surface area contributed by atoms with E-state index >= 15 is 0 Å². The van der Waals surface area contributed by atoms with E-state index in [0.717, 1.165) is 12.8 Å². The van der Waals surface area contributed by atoms with Gasteiger partial charge in [-0.15, -0.1) is 0 Å². The van der Waals surface area contributed by atoms with Gasteiger partial charge in [-0.25, -0.2) is 0 Å². The molecule has 0 spiro atoms. The van der Waals surface area contributed by atoms with Gasteiger partial charge in [0.2, 0.25) is 0 Å². The lowest BCUT2D eigenvalue weighted by Crippen LogP contribution is -2.43. The highest BCUT2D eigenvalue weighted by atomic mass is 35.5. The lowest BCUT2D eigenvalue weighted by Gasteiger charge is -2.25. The molecular weight excluding hydrogens is 344 g/mol. The summed E-state index contributed by atoms with van der Waals surface area (Å²) in [6.07, 6.45) is 2.59. The average Bonchev–Trinajstić information content (AvgIpc) is 3.27. The van der Waals surface area contributed by atoms with Gasteiger partial charge in [0, 0.05) is 29.7 Å². The van der Waals surface area contributed by atoms with Crippen LogP contribution in [-0.2, 0) is 9.59 Å². The Morgan fingerprint density at radius 1 is 1.32 bits per heavy atom. The molecule has 0 radical (unpaired) electrons. The molecule has 2 heterocycles. The maximum absolute atomic E-state index is 12.5. The van der Waals surface area contributed by atoms with Crippen molar-refractivity contribution in [2.24, 2.45) is 0 Å². The minimum absolute atomic E-state index is 0.191. The van der Waals surface area contributed by atoms with E-state index in [9.17, 15) is 14.7 Å². The Labute approximate surface area is 150 Å². The van der Waals surface area contributed by atoms with E-state index < -0.39 is 17.9 Å². The third-order valence-electron chi connectivity index (χ3n) is 4.30. The number of aliphatic hydroxyl groups excluding tert-OH is 1. The Balaban J connectivity index is 1.61. The van der Waals surface area contributed by atoms with Gasteiger partial charge in [-0.1, -0.05) is 11.6 Å². The fraction of sp³-hybridized carbons (Fsp3) is 0.333. The topological polar surface area (TPSA) is 82.8 Å². The number of carbonyl (C=O) groups is 2. The summed E-state index contributed by atoms with van der Waals surface area (Å²) < 4.78 is 5.19. The Morgan fingerprint density at radius 2 is 2.08 bits per heavy atom. The second kappa shape index (κ2) is 7.72. The molecule has 2 amide bonds. The number of aliphatic hydroxyl groups is 1. The van der Waals surface area contributed by atoms with E-state index in [1.54, 1.807) is 36.4 Å². The minimum Gasteiger partial charge on any atom is -0.467 e. The Morgan fingerprint density at radius 3 is 2.76 bits per heavy atom. The summed E-state index contributed by atoms with van der Waals surface area (Å²) >= 11 is 5.80. The average molecular weight is 363 g/mol. The lowest BCUT2D eigenvalue weighted by atomic mass is 10.1. The molecule has 2 N–H and O–H groups in total. The number of halogens is 1. The van der Waals surface area contributed by atoms with Gasteiger partial charge in [0.1, 0.15) is 11.9 Å². The zero-order valence-electron chi connectivity index (χ0n) is 13.5. The largest absolute Gasteiger partial charge is 0.467 e. The van der Waals surface area contributed by atoms with Crippen molar-refractivity contribution in [1.82, 2.24) is 4.90 Å². The molecule has 1 saturated heterocycles. The van der Waals surface area contributed by atoms with E-state index in [1.165, 1.54) is 11.2 Å². The number of rotatable bonds is 4. The molecule has 0 saturated carbocycles. The van der Waals surface area contributed by atoms with Gasteiger partial charge in [0.05, 0.1) is 6.26 Å². The molecule has 0 unspecified atom stereocenters. The molecule has 0 bridgehead atoms. The van der Waals surface area contributed by atoms with Crippen molar-refractivity contribution in [2.45, 2.75) is 31.4 Å². The number of furan rings is 1. The number of nitrogens with zero attached hydrogens (tertiary/aromatic N) is 1. The maximum atomic E-state index is 12.5. The van der Waals surface area contributed by atoms with Crippen molar-refractivity contribution in [3.8, 4) is 0 Å². The summed E-state index contributed by atoms with van der Waals surface area (Å²) in [5.41, 5.74) is 0.508. The molecule has 132 valence electrons. The van der Waals surface area contributed by atoms with Gasteiger partial charge >= 0.3 is 11.8 Å². The van der Waals surface area contributed by atoms with E-state index in [0.29, 0.717) is 29.4 Å². The van der Waals surface area contributed by atoms with Crippen molar-refractivity contribution in [1.29, 1.82) is 0 Å². The first-order valence-corrected chi connectivity index (χ1v) is 8.51. The fourth-order valence-corrected chi connectivity index (χ4v) is 3.18. The first kappa shape index (κ1) is 17.5. The molecule has 1 aliphatic heterocycles. The van der Waals surface area contributed by atoms with E-state index in [4.69, 9.17) is 16.0 Å². The van der Waals surface area contributed by atoms with Crippen molar-refractivity contribution in [3.05, 3.63) is 53.4 Å². The van der Waals surface area contributed by atoms with Gasteiger partial charge in [-0.2, -0.15) is 0 Å². The fourth-order valence-electron chi connectivity index (χ4n) is 3.05. The van der Waals surface area contributed by atoms with Crippen LogP contribution in [0.25, 0.3) is 0 Å². The van der Waals surface area contributed by atoms with Gasteiger partial charge in [-0.05, 0) is 49.2 Å². The summed E-state index contributed by atoms with van der Waals surface area (Å²) in [5.74, 6) is -0.823. The number of anilines is 1. The zero-order valence-corrected chi connectivity index (χ0v) is 14.3. The van der Waals surface area contributed by atoms with Crippen LogP contribution < -0.4 is 5.32 Å². The molecule has 2 atom stereocenters. The van der Waals surface area contributed by atoms with Crippen LogP contribution in [0.2, 0.25) is 5.02 Å². The summed E-state index contributed by atoms with van der Waals surface area (Å²) in [6.45, 7) is 0.502. The van der Waals surface area contributed by atoms with Crippen LogP contribution in [0, 0.1) is 0 Å². The van der Waals surface area contributed by atoms with Gasteiger partial charge in [0.15, 0.2) is 0 Å². The van der Waals surface area contributed by atoms with Crippen LogP contribution >= 0.6 is 11.6 Å². The monoisotopic (exact) mass is 362 g/mol. The highest BCUT2D eigenvalue weighted by Crippen LogP contribution is 2.28. The molecule has 1 aromatic heterocycles. The molecule has 7 heteroatoms. The molecule has 25 heavy (non-hydrogen) atoms. The second-order valence-electron chi connectivity index (χ2n) is 6.02. The standard InChI is InChI=1S/C18H19ClN2O4/c19-12-5-7-13(8-6-12)20-17(23)18(24)21-9-1-3-14(21)11-15(22)16-4-2-10-25-16/h2,4-8,10,14-15,22H,1,3,9,11H2,(H,20,23)/t14-,15-/m1/s1. The van der Waals surface area contributed by atoms with E-state index in [-0.39, 0.29) is 6.04 Å². The number of hydrogen-bond donors (Lipinski definition) is 2. The van der Waals surface area contributed by atoms with Crippen LogP contribution in [0.1, 0.15) is 31.1 Å². The smallest absolute Gasteiger partial charge is 0.313 e. The first-order valence-electron chi connectivity index (χ1n) is 8.13. The second-order valence-corrected chi connectivity index (χ2v) is 6.46. The SMILES string of the molecule is O=C(Nc1ccc(Cl)cc1)C(=O)N1CCC[C@@H]1C[C@@H](O)c1ccco1. The predicted molar refractivity (Wildman–Crippen MR) is 93.1 cm³/mol. The molecule has 3 rings (SSSR count). The Hall–Kier alpha value is -2.31. The van der Waals surface area contributed by atoms with Gasteiger partial charge in [0.25, 0.3) is 0 Å². The highest BCUT2D eigenvalue weighted by Gasteiger charge is 2.34. The molecule has 1 aromatic carbocycles. The van der Waals surface area contributed by atoms with Crippen LogP contribution in [0.4, 0.5) is 5.69 Å². The molecule has 1 aliphatic rings. The molecule has 1 fully saturated rings.